The van der Waals surface area contributed by atoms with Gasteiger partial charge in [-0.25, -0.2) is 9.97 Å². The monoisotopic (exact) mass is 1210 g/mol. The molecule has 0 aliphatic heterocycles. The molecule has 4 aliphatic carbocycles. The van der Waals surface area contributed by atoms with E-state index < -0.39 is 0 Å². The summed E-state index contributed by atoms with van der Waals surface area (Å²) in [5.74, 6) is 1.49. The number of benzene rings is 3. The van der Waals surface area contributed by atoms with Crippen molar-refractivity contribution in [2.75, 3.05) is 0 Å². The van der Waals surface area contributed by atoms with Crippen molar-refractivity contribution in [1.29, 1.82) is 0 Å². The lowest BCUT2D eigenvalue weighted by atomic mass is 10.0. The maximum atomic E-state index is 5.26. The third-order valence-electron chi connectivity index (χ3n) is 16.0. The van der Waals surface area contributed by atoms with Crippen LogP contribution in [-0.2, 0) is 13.1 Å². The maximum Gasteiger partial charge on any atom is 0.150 e. The van der Waals surface area contributed by atoms with Crippen LogP contribution in [0.2, 0.25) is 0 Å². The van der Waals surface area contributed by atoms with Crippen molar-refractivity contribution in [2.45, 2.75) is 115 Å². The Bertz CT molecular complexity index is 4580. The van der Waals surface area contributed by atoms with Gasteiger partial charge in [0.15, 0.2) is 5.82 Å². The van der Waals surface area contributed by atoms with Crippen LogP contribution in [0.15, 0.2) is 296 Å². The molecular weight excluding hydrogens is 1110 g/mol. The second-order valence-corrected chi connectivity index (χ2v) is 21.1. The molecule has 7 aromatic rings. The number of rotatable bonds is 14. The molecule has 0 amide bonds. The number of aromatic nitrogens is 5. The van der Waals surface area contributed by atoms with E-state index >= 15 is 0 Å². The molecule has 92 heavy (non-hydrogen) atoms. The van der Waals surface area contributed by atoms with Crippen molar-refractivity contribution in [2.24, 2.45) is 0 Å². The number of hydrogen-bond donors (Lipinski definition) is 0. The average molecular weight is 1210 g/mol. The fourth-order valence-corrected chi connectivity index (χ4v) is 12.0. The molecular formula is C87H97N5. The SMILES string of the molecule is C=C/C=C1/CC(C)=C(/C=C\C)C1=C.C=C/C=C1\C(=C)CC(/C=C\C)=C1C.C=C/C=c1\c(=C)c2ccccc2n1Cc1cc(-n2c3ccccc3c3ccccc32)nc(Cn2c(C=C)c(C=C)c3c2=CC=C=C=3)n1.C=CC1=C(C=C)C(=C/C)/C(=C\C)C1.CC.CC.CC. The second kappa shape index (κ2) is 35.8. The molecule has 4 heterocycles. The minimum Gasteiger partial charge on any atom is -0.334 e. The predicted octanol–water partition coefficient (Wildman–Crippen LogP) is 20.9. The van der Waals surface area contributed by atoms with Gasteiger partial charge >= 0.3 is 0 Å². The van der Waals surface area contributed by atoms with Crippen LogP contribution in [0.5, 0.6) is 0 Å². The molecule has 5 heteroatoms. The number of fused-ring (bicyclic) bond motifs is 5. The quantitative estimate of drug-likeness (QED) is 0.102. The van der Waals surface area contributed by atoms with Gasteiger partial charge in [0, 0.05) is 49.6 Å². The normalized spacial score (nSPS) is 15.6. The molecule has 0 bridgehead atoms. The first-order valence-electron chi connectivity index (χ1n) is 32.2. The van der Waals surface area contributed by atoms with Gasteiger partial charge in [-0.05, 0) is 165 Å². The molecule has 0 saturated carbocycles. The molecule has 4 aliphatic rings. The summed E-state index contributed by atoms with van der Waals surface area (Å²) < 4.78 is 6.70. The first-order chi connectivity index (χ1) is 44.8. The summed E-state index contributed by atoms with van der Waals surface area (Å²) in [7, 11) is 0. The zero-order valence-corrected chi connectivity index (χ0v) is 57.2. The van der Waals surface area contributed by atoms with Gasteiger partial charge in [0.1, 0.15) is 5.82 Å². The van der Waals surface area contributed by atoms with Gasteiger partial charge in [-0.3, -0.25) is 4.57 Å². The van der Waals surface area contributed by atoms with Gasteiger partial charge in [0.05, 0.1) is 40.4 Å². The van der Waals surface area contributed by atoms with Crippen molar-refractivity contribution in [3.8, 4) is 5.82 Å². The molecule has 0 spiro atoms. The average Bonchev–Trinajstić information content (AvgIpc) is 1.60. The third kappa shape index (κ3) is 15.8. The van der Waals surface area contributed by atoms with E-state index in [2.05, 4.69) is 228 Å². The molecule has 0 radical (unpaired) electrons. The zero-order valence-electron chi connectivity index (χ0n) is 57.2. The maximum absolute atomic E-state index is 5.26. The molecule has 0 fully saturated rings. The molecule has 0 saturated heterocycles. The van der Waals surface area contributed by atoms with Gasteiger partial charge in [-0.15, -0.1) is 0 Å². The predicted molar refractivity (Wildman–Crippen MR) is 408 cm³/mol. The lowest BCUT2D eigenvalue weighted by molar-refractivity contribution is 0.696. The minimum atomic E-state index is 0.431. The number of allylic oxidation sites excluding steroid dienone is 26. The van der Waals surface area contributed by atoms with Crippen LogP contribution < -0.4 is 21.1 Å². The minimum absolute atomic E-state index is 0.431. The van der Waals surface area contributed by atoms with Crippen LogP contribution >= 0.6 is 0 Å². The van der Waals surface area contributed by atoms with E-state index in [-0.39, 0.29) is 0 Å². The fraction of sp³-hybridized carbons (Fsp3) is 0.195. The van der Waals surface area contributed by atoms with Crippen LogP contribution in [0.25, 0.3) is 75.1 Å². The lowest BCUT2D eigenvalue weighted by Gasteiger charge is -2.14. The van der Waals surface area contributed by atoms with E-state index in [1.807, 2.05) is 134 Å². The first kappa shape index (κ1) is 72.5. The Hall–Kier alpha value is -10.3. The first-order valence-corrected chi connectivity index (χ1v) is 32.2. The highest BCUT2D eigenvalue weighted by molar-refractivity contribution is 6.09. The van der Waals surface area contributed by atoms with Crippen molar-refractivity contribution in [3.63, 3.8) is 0 Å². The molecule has 3 aromatic carbocycles. The summed E-state index contributed by atoms with van der Waals surface area (Å²) in [5, 5.41) is 7.39. The second-order valence-electron chi connectivity index (χ2n) is 21.1. The number of nitrogens with zero attached hydrogens (tertiary/aromatic N) is 5. The Morgan fingerprint density at radius 1 is 0.565 bits per heavy atom. The summed E-state index contributed by atoms with van der Waals surface area (Å²) in [6.07, 6.45) is 38.8. The standard InChI is InChI=1S/C42H31N5.3C13H16.3C2H6/c1-5-16-36-28(4)31-17-8-12-21-37(31)45(36)26-29-25-42(47-39-23-14-10-19-33(39)34-20-11-15-24-40(34)47)44-41(43-29)27-46-35(7-3)30(6-2)32-18-9-13-22-38(32)46;2*1-5-7-12-9-10(3)13(8-6-2)11(12)4;1-5-10-9-11(6-2)13(8-4)12(10)7-3;3*1-2/h5-8,10-17,19-25H,1-4,26-27H2;5-8H,2-3,9H2,1,4H3;5-8H,1,4,9H2,2-3H3;5-8H,1,3,9H2,2,4H3;3*1-2H3/b36-16+;7-5-,13-8+;8-6-,12-7-;11-6-,13-8+;;;. The number of para-hydroxylation sites is 3. The molecule has 5 nitrogen and oxygen atoms in total. The van der Waals surface area contributed by atoms with Gasteiger partial charge in [0.2, 0.25) is 0 Å². The fourth-order valence-electron chi connectivity index (χ4n) is 12.0. The Morgan fingerprint density at radius 2 is 1.17 bits per heavy atom. The van der Waals surface area contributed by atoms with E-state index in [4.69, 9.17) is 9.97 Å². The van der Waals surface area contributed by atoms with Crippen LogP contribution in [0.1, 0.15) is 125 Å². The summed E-state index contributed by atoms with van der Waals surface area (Å²) in [6.45, 7) is 65.3. The molecule has 4 aromatic heterocycles. The van der Waals surface area contributed by atoms with Gasteiger partial charge in [0.25, 0.3) is 0 Å². The molecule has 0 unspecified atom stereocenters. The van der Waals surface area contributed by atoms with Gasteiger partial charge in [-0.1, -0.05) is 264 Å². The van der Waals surface area contributed by atoms with E-state index in [0.717, 1.165) is 90.7 Å². The Kier molecular flexibility index (Phi) is 28.2. The van der Waals surface area contributed by atoms with Crippen LogP contribution in [0.4, 0.5) is 0 Å². The van der Waals surface area contributed by atoms with Crippen molar-refractivity contribution < 1.29 is 0 Å². The van der Waals surface area contributed by atoms with Crippen LogP contribution in [0, 0.1) is 0 Å². The van der Waals surface area contributed by atoms with Crippen LogP contribution in [0.3, 0.4) is 0 Å². The molecule has 0 N–H and O–H groups in total. The highest BCUT2D eigenvalue weighted by Crippen LogP contribution is 2.38. The van der Waals surface area contributed by atoms with Crippen molar-refractivity contribution in [1.82, 2.24) is 23.7 Å². The smallest absolute Gasteiger partial charge is 0.150 e. The van der Waals surface area contributed by atoms with Gasteiger partial charge in [-0.2, -0.15) is 0 Å². The topological polar surface area (TPSA) is 40.6 Å². The highest BCUT2D eigenvalue weighted by atomic mass is 15.1. The van der Waals surface area contributed by atoms with Crippen molar-refractivity contribution >= 4 is 69.3 Å². The third-order valence-corrected chi connectivity index (χ3v) is 16.0. The Morgan fingerprint density at radius 3 is 1.73 bits per heavy atom. The lowest BCUT2D eigenvalue weighted by Crippen LogP contribution is -2.31. The summed E-state index contributed by atoms with van der Waals surface area (Å²) in [4.78, 5) is 10.5. The summed E-state index contributed by atoms with van der Waals surface area (Å²) in [5.41, 5.74) is 28.0. The zero-order chi connectivity index (χ0) is 67.6. The van der Waals surface area contributed by atoms with E-state index in [1.54, 1.807) is 0 Å². The molecule has 11 rings (SSSR count). The molecule has 470 valence electrons. The summed E-state index contributed by atoms with van der Waals surface area (Å²) in [6, 6.07) is 27.4. The Balaban J connectivity index is 0.000000276. The van der Waals surface area contributed by atoms with E-state index in [1.165, 1.54) is 72.1 Å². The van der Waals surface area contributed by atoms with E-state index in [9.17, 15) is 0 Å². The van der Waals surface area contributed by atoms with Crippen LogP contribution in [-0.4, -0.2) is 23.7 Å². The largest absolute Gasteiger partial charge is 0.334 e. The molecule has 0 atom stereocenters. The highest BCUT2D eigenvalue weighted by Gasteiger charge is 2.22. The van der Waals surface area contributed by atoms with Gasteiger partial charge < -0.3 is 9.13 Å². The Labute approximate surface area is 550 Å². The summed E-state index contributed by atoms with van der Waals surface area (Å²) >= 11 is 0. The van der Waals surface area contributed by atoms with Crippen molar-refractivity contribution in [3.05, 3.63) is 340 Å². The van der Waals surface area contributed by atoms with E-state index in [0.29, 0.717) is 18.9 Å². The number of hydrogen-bond acceptors (Lipinski definition) is 2.